The largest absolute Gasteiger partial charge is 0.497 e. The number of hydrogen-bond donors (Lipinski definition) is 0. The van der Waals surface area contributed by atoms with Crippen molar-refractivity contribution in [3.8, 4) is 17.1 Å². The number of ketones is 1. The molecule has 0 fully saturated rings. The van der Waals surface area contributed by atoms with E-state index in [2.05, 4.69) is 15.2 Å². The maximum atomic E-state index is 13.0. The van der Waals surface area contributed by atoms with Crippen molar-refractivity contribution in [3.05, 3.63) is 71.5 Å². The lowest BCUT2D eigenvalue weighted by Crippen LogP contribution is -2.18. The first-order valence-corrected chi connectivity index (χ1v) is 8.30. The van der Waals surface area contributed by atoms with E-state index in [4.69, 9.17) is 9.47 Å². The summed E-state index contributed by atoms with van der Waals surface area (Å²) in [5.74, 6) is -0.453. The fourth-order valence-electron chi connectivity index (χ4n) is 2.43. The van der Waals surface area contributed by atoms with Crippen LogP contribution in [0.3, 0.4) is 0 Å². The molecule has 27 heavy (non-hydrogen) atoms. The van der Waals surface area contributed by atoms with E-state index in [1.54, 1.807) is 43.3 Å². The summed E-state index contributed by atoms with van der Waals surface area (Å²) in [5, 5.41) is 7.91. The fourth-order valence-corrected chi connectivity index (χ4v) is 2.43. The molecule has 1 heterocycles. The zero-order valence-electron chi connectivity index (χ0n) is 14.9. The number of aromatic nitrogens is 3. The molecule has 136 valence electrons. The van der Waals surface area contributed by atoms with E-state index in [1.807, 2.05) is 18.2 Å². The maximum absolute atomic E-state index is 13.0. The number of benzene rings is 2. The number of esters is 1. The third-order valence-electron chi connectivity index (χ3n) is 3.73. The molecule has 7 heteroatoms. The molecule has 0 radical (unpaired) electrons. The van der Waals surface area contributed by atoms with Crippen molar-refractivity contribution in [2.24, 2.45) is 0 Å². The predicted molar refractivity (Wildman–Crippen MR) is 97.6 cm³/mol. The first-order chi connectivity index (χ1) is 13.1. The van der Waals surface area contributed by atoms with Gasteiger partial charge in [0.2, 0.25) is 11.5 Å². The summed E-state index contributed by atoms with van der Waals surface area (Å²) in [5.41, 5.74) is 0.666. The molecule has 0 aliphatic heterocycles. The Labute approximate surface area is 156 Å². The van der Waals surface area contributed by atoms with Gasteiger partial charge in [0.05, 0.1) is 13.7 Å². The second-order valence-corrected chi connectivity index (χ2v) is 5.48. The highest BCUT2D eigenvalue weighted by atomic mass is 16.5. The molecule has 0 saturated carbocycles. The van der Waals surface area contributed by atoms with Crippen LogP contribution in [0.1, 0.15) is 33.5 Å². The molecule has 7 nitrogen and oxygen atoms in total. The second-order valence-electron chi connectivity index (χ2n) is 5.48. The van der Waals surface area contributed by atoms with E-state index in [9.17, 15) is 9.59 Å². The Morgan fingerprint density at radius 3 is 2.44 bits per heavy atom. The third kappa shape index (κ3) is 3.98. The van der Waals surface area contributed by atoms with Crippen LogP contribution in [0.4, 0.5) is 0 Å². The molecular weight excluding hydrogens is 346 g/mol. The lowest BCUT2D eigenvalue weighted by Gasteiger charge is -2.09. The molecule has 0 saturated heterocycles. The SMILES string of the molecule is CCOC(=O)c1nnc(-c2ccccc2)nc1C(=O)c1cccc(OC)c1. The lowest BCUT2D eigenvalue weighted by atomic mass is 10.1. The molecule has 1 aromatic heterocycles. The van der Waals surface area contributed by atoms with Crippen LogP contribution in [0.15, 0.2) is 54.6 Å². The van der Waals surface area contributed by atoms with Gasteiger partial charge in [-0.25, -0.2) is 9.78 Å². The van der Waals surface area contributed by atoms with Crippen LogP contribution < -0.4 is 4.74 Å². The highest BCUT2D eigenvalue weighted by molar-refractivity contribution is 6.12. The van der Waals surface area contributed by atoms with E-state index < -0.39 is 11.8 Å². The molecule has 0 aliphatic carbocycles. The number of ether oxygens (including phenoxy) is 2. The van der Waals surface area contributed by atoms with Crippen molar-refractivity contribution in [2.45, 2.75) is 6.92 Å². The van der Waals surface area contributed by atoms with E-state index in [1.165, 1.54) is 7.11 Å². The molecular formula is C20H17N3O4. The molecule has 3 aromatic rings. The average Bonchev–Trinajstić information content (AvgIpc) is 2.73. The van der Waals surface area contributed by atoms with Crippen molar-refractivity contribution in [3.63, 3.8) is 0 Å². The van der Waals surface area contributed by atoms with Gasteiger partial charge in [-0.15, -0.1) is 10.2 Å². The van der Waals surface area contributed by atoms with Crippen LogP contribution in [-0.4, -0.2) is 40.7 Å². The van der Waals surface area contributed by atoms with Crippen molar-refractivity contribution in [1.82, 2.24) is 15.2 Å². The first-order valence-electron chi connectivity index (χ1n) is 8.30. The van der Waals surface area contributed by atoms with Gasteiger partial charge in [0.25, 0.3) is 0 Å². The number of carbonyl (C=O) groups excluding carboxylic acids is 2. The van der Waals surface area contributed by atoms with Gasteiger partial charge in [0.1, 0.15) is 11.4 Å². The quantitative estimate of drug-likeness (QED) is 0.491. The molecule has 0 aliphatic rings. The van der Waals surface area contributed by atoms with E-state index in [0.29, 0.717) is 16.9 Å². The molecule has 0 unspecified atom stereocenters. The summed E-state index contributed by atoms with van der Waals surface area (Å²) in [6, 6.07) is 15.7. The Kier molecular flexibility index (Phi) is 5.51. The molecule has 0 N–H and O–H groups in total. The highest BCUT2D eigenvalue weighted by Gasteiger charge is 2.25. The van der Waals surface area contributed by atoms with Gasteiger partial charge in [-0.3, -0.25) is 4.79 Å². The number of rotatable bonds is 6. The fraction of sp³-hybridized carbons (Fsp3) is 0.150. The van der Waals surface area contributed by atoms with Gasteiger partial charge in [-0.2, -0.15) is 0 Å². The average molecular weight is 363 g/mol. The summed E-state index contributed by atoms with van der Waals surface area (Å²) in [7, 11) is 1.51. The minimum Gasteiger partial charge on any atom is -0.497 e. The van der Waals surface area contributed by atoms with Crippen LogP contribution in [0, 0.1) is 0 Å². The van der Waals surface area contributed by atoms with Crippen molar-refractivity contribution in [1.29, 1.82) is 0 Å². The Hall–Kier alpha value is -3.61. The number of carbonyl (C=O) groups is 2. The van der Waals surface area contributed by atoms with Gasteiger partial charge in [0, 0.05) is 11.1 Å². The van der Waals surface area contributed by atoms with Crippen molar-refractivity contribution < 1.29 is 19.1 Å². The Morgan fingerprint density at radius 2 is 1.74 bits per heavy atom. The van der Waals surface area contributed by atoms with Crippen LogP contribution in [0.2, 0.25) is 0 Å². The summed E-state index contributed by atoms with van der Waals surface area (Å²) >= 11 is 0. The lowest BCUT2D eigenvalue weighted by molar-refractivity contribution is 0.0514. The molecule has 0 atom stereocenters. The summed E-state index contributed by atoms with van der Waals surface area (Å²) < 4.78 is 10.1. The van der Waals surface area contributed by atoms with Crippen molar-refractivity contribution >= 4 is 11.8 Å². The summed E-state index contributed by atoms with van der Waals surface area (Å²) in [6.45, 7) is 1.81. The number of methoxy groups -OCH3 is 1. The molecule has 0 spiro atoms. The Morgan fingerprint density at radius 1 is 0.963 bits per heavy atom. The second kappa shape index (κ2) is 8.18. The van der Waals surface area contributed by atoms with E-state index in [-0.39, 0.29) is 23.8 Å². The Bertz CT molecular complexity index is 974. The topological polar surface area (TPSA) is 91.3 Å². The summed E-state index contributed by atoms with van der Waals surface area (Å²) in [6.07, 6.45) is 0. The smallest absolute Gasteiger partial charge is 0.361 e. The van der Waals surface area contributed by atoms with Crippen molar-refractivity contribution in [2.75, 3.05) is 13.7 Å². The van der Waals surface area contributed by atoms with Gasteiger partial charge in [-0.1, -0.05) is 42.5 Å². The van der Waals surface area contributed by atoms with Crippen LogP contribution in [-0.2, 0) is 4.74 Å². The van der Waals surface area contributed by atoms with E-state index in [0.717, 1.165) is 0 Å². The maximum Gasteiger partial charge on any atom is 0.361 e. The van der Waals surface area contributed by atoms with E-state index >= 15 is 0 Å². The zero-order chi connectivity index (χ0) is 19.2. The minimum absolute atomic E-state index is 0.115. The van der Waals surface area contributed by atoms with Gasteiger partial charge >= 0.3 is 5.97 Å². The van der Waals surface area contributed by atoms with Gasteiger partial charge in [-0.05, 0) is 19.1 Å². The third-order valence-corrected chi connectivity index (χ3v) is 3.73. The first kappa shape index (κ1) is 18.2. The van der Waals surface area contributed by atoms with Gasteiger partial charge in [0.15, 0.2) is 5.82 Å². The predicted octanol–water partition coefficient (Wildman–Crippen LogP) is 2.95. The standard InChI is InChI=1S/C20H17N3O4/c1-3-27-20(25)17-16(18(24)14-10-7-11-15(12-14)26-2)21-19(23-22-17)13-8-5-4-6-9-13/h4-12H,3H2,1-2H3. The normalized spacial score (nSPS) is 10.3. The van der Waals surface area contributed by atoms with Gasteiger partial charge < -0.3 is 9.47 Å². The zero-order valence-corrected chi connectivity index (χ0v) is 14.9. The van der Waals surface area contributed by atoms with Crippen LogP contribution in [0.25, 0.3) is 11.4 Å². The highest BCUT2D eigenvalue weighted by Crippen LogP contribution is 2.20. The molecule has 0 bridgehead atoms. The monoisotopic (exact) mass is 363 g/mol. The molecule has 2 aromatic carbocycles. The molecule has 0 amide bonds. The number of nitrogens with zero attached hydrogens (tertiary/aromatic N) is 3. The number of hydrogen-bond acceptors (Lipinski definition) is 7. The molecule has 3 rings (SSSR count). The Balaban J connectivity index is 2.11. The van der Waals surface area contributed by atoms with Crippen LogP contribution in [0.5, 0.6) is 5.75 Å². The minimum atomic E-state index is -0.747. The summed E-state index contributed by atoms with van der Waals surface area (Å²) in [4.78, 5) is 29.6. The van der Waals surface area contributed by atoms with Crippen LogP contribution >= 0.6 is 0 Å².